The first kappa shape index (κ1) is 17.7. The van der Waals surface area contributed by atoms with Gasteiger partial charge in [-0.05, 0) is 43.2 Å². The Labute approximate surface area is 153 Å². The minimum Gasteiger partial charge on any atom is -0.497 e. The fourth-order valence-electron chi connectivity index (χ4n) is 2.74. The molecule has 2 aromatic carbocycles. The summed E-state index contributed by atoms with van der Waals surface area (Å²) in [6.45, 7) is 0.555. The zero-order valence-electron chi connectivity index (χ0n) is 14.6. The summed E-state index contributed by atoms with van der Waals surface area (Å²) >= 11 is 1.58. The summed E-state index contributed by atoms with van der Waals surface area (Å²) in [5.41, 5.74) is 0.979. The van der Waals surface area contributed by atoms with Gasteiger partial charge < -0.3 is 14.4 Å². The van der Waals surface area contributed by atoms with E-state index in [0.717, 1.165) is 34.8 Å². The molecule has 1 saturated carbocycles. The van der Waals surface area contributed by atoms with Gasteiger partial charge in [0.2, 0.25) is 5.91 Å². The van der Waals surface area contributed by atoms with Gasteiger partial charge in [-0.3, -0.25) is 4.79 Å². The number of carbonyl (C=O) groups is 1. The third kappa shape index (κ3) is 4.69. The molecule has 0 bridgehead atoms. The van der Waals surface area contributed by atoms with E-state index in [1.54, 1.807) is 26.0 Å². The molecule has 0 spiro atoms. The minimum absolute atomic E-state index is 0.168. The average Bonchev–Trinajstić information content (AvgIpc) is 3.49. The van der Waals surface area contributed by atoms with Gasteiger partial charge in [0, 0.05) is 23.0 Å². The molecule has 0 radical (unpaired) electrons. The summed E-state index contributed by atoms with van der Waals surface area (Å²) in [4.78, 5) is 15.9. The van der Waals surface area contributed by atoms with Crippen LogP contribution in [-0.4, -0.2) is 36.8 Å². The van der Waals surface area contributed by atoms with Gasteiger partial charge in [-0.15, -0.1) is 11.8 Å². The van der Waals surface area contributed by atoms with E-state index in [4.69, 9.17) is 9.47 Å². The van der Waals surface area contributed by atoms with Crippen molar-refractivity contribution >= 4 is 17.7 Å². The van der Waals surface area contributed by atoms with E-state index >= 15 is 0 Å². The van der Waals surface area contributed by atoms with Crippen LogP contribution in [-0.2, 0) is 11.3 Å². The predicted molar refractivity (Wildman–Crippen MR) is 100 cm³/mol. The molecule has 0 saturated heterocycles. The zero-order valence-corrected chi connectivity index (χ0v) is 15.4. The maximum atomic E-state index is 12.8. The quantitative estimate of drug-likeness (QED) is 0.670. The SMILES string of the molecule is COc1ccc(OC)c(CN(C(=O)CSc2ccccc2)C2CC2)c1. The molecule has 1 fully saturated rings. The highest BCUT2D eigenvalue weighted by Gasteiger charge is 2.33. The van der Waals surface area contributed by atoms with E-state index in [2.05, 4.69) is 0 Å². The zero-order chi connectivity index (χ0) is 17.6. The summed E-state index contributed by atoms with van der Waals surface area (Å²) in [5.74, 6) is 2.18. The van der Waals surface area contributed by atoms with Crippen molar-refractivity contribution in [3.8, 4) is 11.5 Å². The van der Waals surface area contributed by atoms with E-state index in [-0.39, 0.29) is 5.91 Å². The van der Waals surface area contributed by atoms with Gasteiger partial charge in [-0.25, -0.2) is 0 Å². The molecule has 3 rings (SSSR count). The van der Waals surface area contributed by atoms with Crippen LogP contribution in [0.3, 0.4) is 0 Å². The smallest absolute Gasteiger partial charge is 0.233 e. The Morgan fingerprint density at radius 1 is 1.12 bits per heavy atom. The van der Waals surface area contributed by atoms with Gasteiger partial charge in [0.15, 0.2) is 0 Å². The molecule has 1 amide bonds. The molecule has 0 unspecified atom stereocenters. The van der Waals surface area contributed by atoms with E-state index in [0.29, 0.717) is 18.3 Å². The number of ether oxygens (including phenoxy) is 2. The van der Waals surface area contributed by atoms with E-state index in [1.807, 2.05) is 53.4 Å². The Morgan fingerprint density at radius 3 is 2.52 bits per heavy atom. The Morgan fingerprint density at radius 2 is 1.88 bits per heavy atom. The largest absolute Gasteiger partial charge is 0.497 e. The highest BCUT2D eigenvalue weighted by Crippen LogP contribution is 2.33. The highest BCUT2D eigenvalue weighted by molar-refractivity contribution is 8.00. The number of rotatable bonds is 8. The van der Waals surface area contributed by atoms with E-state index < -0.39 is 0 Å². The van der Waals surface area contributed by atoms with Gasteiger partial charge in [-0.1, -0.05) is 18.2 Å². The molecule has 5 heteroatoms. The summed E-state index contributed by atoms with van der Waals surface area (Å²) in [6.07, 6.45) is 2.15. The van der Waals surface area contributed by atoms with Crippen LogP contribution in [0.2, 0.25) is 0 Å². The van der Waals surface area contributed by atoms with Crippen molar-refractivity contribution in [1.82, 2.24) is 4.90 Å². The lowest BCUT2D eigenvalue weighted by Crippen LogP contribution is -2.34. The Balaban J connectivity index is 1.70. The first-order valence-electron chi connectivity index (χ1n) is 8.39. The molecule has 1 aliphatic carbocycles. The maximum Gasteiger partial charge on any atom is 0.233 e. The molecule has 1 aliphatic rings. The number of hydrogen-bond donors (Lipinski definition) is 0. The minimum atomic E-state index is 0.168. The molecule has 0 N–H and O–H groups in total. The van der Waals surface area contributed by atoms with Crippen molar-refractivity contribution in [2.45, 2.75) is 30.3 Å². The molecule has 132 valence electrons. The highest BCUT2D eigenvalue weighted by atomic mass is 32.2. The third-order valence-electron chi connectivity index (χ3n) is 4.24. The standard InChI is InChI=1S/C20H23NO3S/c1-23-17-10-11-19(24-2)15(12-17)13-21(16-8-9-16)20(22)14-25-18-6-4-3-5-7-18/h3-7,10-12,16H,8-9,13-14H2,1-2H3. The number of carbonyl (C=O) groups excluding carboxylic acids is 1. The van der Waals surface area contributed by atoms with Crippen molar-refractivity contribution in [3.05, 3.63) is 54.1 Å². The summed E-state index contributed by atoms with van der Waals surface area (Å²) in [7, 11) is 3.30. The Bertz CT molecular complexity index is 716. The van der Waals surface area contributed by atoms with E-state index in [1.165, 1.54) is 0 Å². The van der Waals surface area contributed by atoms with Crippen LogP contribution in [0.1, 0.15) is 18.4 Å². The van der Waals surface area contributed by atoms with Crippen LogP contribution < -0.4 is 9.47 Å². The van der Waals surface area contributed by atoms with Crippen LogP contribution >= 0.6 is 11.8 Å². The third-order valence-corrected chi connectivity index (χ3v) is 5.24. The topological polar surface area (TPSA) is 38.8 Å². The first-order chi connectivity index (χ1) is 12.2. The van der Waals surface area contributed by atoms with Crippen molar-refractivity contribution in [3.63, 3.8) is 0 Å². The van der Waals surface area contributed by atoms with Crippen molar-refractivity contribution in [1.29, 1.82) is 0 Å². The van der Waals surface area contributed by atoms with Crippen LogP contribution in [0.5, 0.6) is 11.5 Å². The lowest BCUT2D eigenvalue weighted by molar-refractivity contribution is -0.129. The second-order valence-electron chi connectivity index (χ2n) is 6.03. The van der Waals surface area contributed by atoms with Crippen LogP contribution in [0, 0.1) is 0 Å². The van der Waals surface area contributed by atoms with Crippen LogP contribution in [0.15, 0.2) is 53.4 Å². The van der Waals surface area contributed by atoms with E-state index in [9.17, 15) is 4.79 Å². The molecular formula is C20H23NO3S. The van der Waals surface area contributed by atoms with Gasteiger partial charge in [0.05, 0.1) is 20.0 Å². The normalized spacial score (nSPS) is 13.4. The number of benzene rings is 2. The number of methoxy groups -OCH3 is 2. The molecule has 4 nitrogen and oxygen atoms in total. The fourth-order valence-corrected chi connectivity index (χ4v) is 3.55. The van der Waals surface area contributed by atoms with Crippen LogP contribution in [0.25, 0.3) is 0 Å². The van der Waals surface area contributed by atoms with Crippen molar-refractivity contribution < 1.29 is 14.3 Å². The van der Waals surface area contributed by atoms with Crippen LogP contribution in [0.4, 0.5) is 0 Å². The van der Waals surface area contributed by atoms with Gasteiger partial charge in [0.1, 0.15) is 11.5 Å². The predicted octanol–water partition coefficient (Wildman–Crippen LogP) is 3.99. The molecule has 0 aliphatic heterocycles. The number of amides is 1. The molecule has 0 heterocycles. The van der Waals surface area contributed by atoms with Crippen molar-refractivity contribution in [2.24, 2.45) is 0 Å². The number of nitrogens with zero attached hydrogens (tertiary/aromatic N) is 1. The molecule has 2 aromatic rings. The van der Waals surface area contributed by atoms with Crippen molar-refractivity contribution in [2.75, 3.05) is 20.0 Å². The lowest BCUT2D eigenvalue weighted by Gasteiger charge is -2.24. The summed E-state index contributed by atoms with van der Waals surface area (Å²) in [6, 6.07) is 16.1. The molecule has 0 aromatic heterocycles. The molecular weight excluding hydrogens is 334 g/mol. The second kappa shape index (κ2) is 8.30. The second-order valence-corrected chi connectivity index (χ2v) is 7.08. The Hall–Kier alpha value is -2.14. The molecule has 25 heavy (non-hydrogen) atoms. The summed E-state index contributed by atoms with van der Waals surface area (Å²) < 4.78 is 10.8. The first-order valence-corrected chi connectivity index (χ1v) is 9.38. The maximum absolute atomic E-state index is 12.8. The number of hydrogen-bond acceptors (Lipinski definition) is 4. The monoisotopic (exact) mass is 357 g/mol. The van der Waals surface area contributed by atoms with Gasteiger partial charge in [0.25, 0.3) is 0 Å². The van der Waals surface area contributed by atoms with Gasteiger partial charge in [-0.2, -0.15) is 0 Å². The Kier molecular flexibility index (Phi) is 5.87. The fraction of sp³-hybridized carbons (Fsp3) is 0.350. The average molecular weight is 357 g/mol. The van der Waals surface area contributed by atoms with Gasteiger partial charge >= 0.3 is 0 Å². The summed E-state index contributed by atoms with van der Waals surface area (Å²) in [5, 5.41) is 0. The lowest BCUT2D eigenvalue weighted by atomic mass is 10.1. The molecule has 0 atom stereocenters. The number of thioether (sulfide) groups is 1.